The standard InChI is InChI=1S/C15H24N4O3S/c1-23(21,22)19-9-3-2-6-14(19)15(20)17-8-4-5-13(11-17)18-10-7-16-12-18/h7,10,12-14H,2-6,8-9,11H2,1H3. The lowest BCUT2D eigenvalue weighted by atomic mass is 10.0. The van der Waals surface area contributed by atoms with Crippen molar-refractivity contribution in [3.05, 3.63) is 18.7 Å². The third-order valence-electron chi connectivity index (χ3n) is 4.82. The first-order valence-electron chi connectivity index (χ1n) is 8.20. The molecule has 0 N–H and O–H groups in total. The minimum atomic E-state index is -3.34. The molecule has 2 atom stereocenters. The number of carbonyl (C=O) groups excluding carboxylic acids is 1. The summed E-state index contributed by atoms with van der Waals surface area (Å²) in [4.78, 5) is 18.8. The number of nitrogens with zero attached hydrogens (tertiary/aromatic N) is 4. The molecule has 0 aliphatic carbocycles. The summed E-state index contributed by atoms with van der Waals surface area (Å²) in [5.74, 6) is -0.0417. The van der Waals surface area contributed by atoms with Gasteiger partial charge >= 0.3 is 0 Å². The summed E-state index contributed by atoms with van der Waals surface area (Å²) in [6.07, 6.45) is 10.9. The monoisotopic (exact) mass is 340 g/mol. The molecular formula is C15H24N4O3S. The van der Waals surface area contributed by atoms with Gasteiger partial charge in [0.05, 0.1) is 18.6 Å². The maximum absolute atomic E-state index is 12.9. The molecule has 23 heavy (non-hydrogen) atoms. The van der Waals surface area contributed by atoms with Gasteiger partial charge in [0.1, 0.15) is 6.04 Å². The van der Waals surface area contributed by atoms with Crippen molar-refractivity contribution < 1.29 is 13.2 Å². The average molecular weight is 340 g/mol. The first-order chi connectivity index (χ1) is 11.0. The number of imidazole rings is 1. The molecule has 3 heterocycles. The molecule has 8 heteroatoms. The van der Waals surface area contributed by atoms with Crippen LogP contribution in [0.15, 0.2) is 18.7 Å². The molecule has 2 unspecified atom stereocenters. The molecule has 0 aromatic carbocycles. The molecule has 0 bridgehead atoms. The molecule has 1 aromatic rings. The number of carbonyl (C=O) groups is 1. The smallest absolute Gasteiger partial charge is 0.241 e. The topological polar surface area (TPSA) is 75.5 Å². The number of hydrogen-bond acceptors (Lipinski definition) is 4. The van der Waals surface area contributed by atoms with Crippen LogP contribution in [-0.2, 0) is 14.8 Å². The highest BCUT2D eigenvalue weighted by atomic mass is 32.2. The highest BCUT2D eigenvalue weighted by Gasteiger charge is 2.38. The van der Waals surface area contributed by atoms with E-state index in [1.54, 1.807) is 12.5 Å². The zero-order valence-corrected chi connectivity index (χ0v) is 14.3. The molecule has 2 aliphatic heterocycles. The molecule has 1 aromatic heterocycles. The van der Waals surface area contributed by atoms with Gasteiger partial charge in [0.2, 0.25) is 15.9 Å². The van der Waals surface area contributed by atoms with Crippen LogP contribution < -0.4 is 0 Å². The maximum Gasteiger partial charge on any atom is 0.241 e. The fourth-order valence-corrected chi connectivity index (χ4v) is 4.76. The highest BCUT2D eigenvalue weighted by molar-refractivity contribution is 7.88. The number of rotatable bonds is 3. The zero-order chi connectivity index (χ0) is 16.4. The fraction of sp³-hybridized carbons (Fsp3) is 0.733. The van der Waals surface area contributed by atoms with Crippen LogP contribution in [0.3, 0.4) is 0 Å². The van der Waals surface area contributed by atoms with Crippen LogP contribution in [0.2, 0.25) is 0 Å². The predicted octanol–water partition coefficient (Wildman–Crippen LogP) is 0.861. The molecule has 0 radical (unpaired) electrons. The summed E-state index contributed by atoms with van der Waals surface area (Å²) >= 11 is 0. The van der Waals surface area contributed by atoms with Crippen LogP contribution in [0.25, 0.3) is 0 Å². The van der Waals surface area contributed by atoms with Crippen molar-refractivity contribution in [2.24, 2.45) is 0 Å². The lowest BCUT2D eigenvalue weighted by Gasteiger charge is -2.39. The van der Waals surface area contributed by atoms with Crippen molar-refractivity contribution in [3.8, 4) is 0 Å². The van der Waals surface area contributed by atoms with E-state index in [1.165, 1.54) is 10.6 Å². The molecule has 2 saturated heterocycles. The van der Waals surface area contributed by atoms with E-state index >= 15 is 0 Å². The summed E-state index contributed by atoms with van der Waals surface area (Å²) in [5, 5.41) is 0. The van der Waals surface area contributed by atoms with Gasteiger partial charge in [-0.05, 0) is 25.7 Å². The minimum Gasteiger partial charge on any atom is -0.339 e. The molecule has 3 rings (SSSR count). The van der Waals surface area contributed by atoms with E-state index in [0.29, 0.717) is 26.1 Å². The van der Waals surface area contributed by atoms with Crippen molar-refractivity contribution in [2.75, 3.05) is 25.9 Å². The second kappa shape index (κ2) is 6.60. The van der Waals surface area contributed by atoms with Gasteiger partial charge in [-0.3, -0.25) is 4.79 Å². The van der Waals surface area contributed by atoms with Crippen molar-refractivity contribution in [3.63, 3.8) is 0 Å². The van der Waals surface area contributed by atoms with Crippen molar-refractivity contribution in [1.82, 2.24) is 18.8 Å². The number of amides is 1. The first-order valence-corrected chi connectivity index (χ1v) is 10.0. The molecule has 128 valence electrons. The fourth-order valence-electron chi connectivity index (χ4n) is 3.64. The Kier molecular flexibility index (Phi) is 4.72. The zero-order valence-electron chi connectivity index (χ0n) is 13.5. The van der Waals surface area contributed by atoms with E-state index in [1.807, 2.05) is 15.7 Å². The molecule has 2 fully saturated rings. The lowest BCUT2D eigenvalue weighted by Crippen LogP contribution is -2.54. The SMILES string of the molecule is CS(=O)(=O)N1CCCCC1C(=O)N1CCCC(n2ccnc2)C1. The second-order valence-corrected chi connectivity index (χ2v) is 8.41. The molecule has 2 aliphatic rings. The van der Waals surface area contributed by atoms with Gasteiger partial charge in [-0.15, -0.1) is 0 Å². The Morgan fingerprint density at radius 3 is 2.70 bits per heavy atom. The summed E-state index contributed by atoms with van der Waals surface area (Å²) in [6.45, 7) is 1.79. The largest absolute Gasteiger partial charge is 0.339 e. The number of hydrogen-bond donors (Lipinski definition) is 0. The Labute approximate surface area is 137 Å². The second-order valence-electron chi connectivity index (χ2n) is 6.48. The van der Waals surface area contributed by atoms with Crippen molar-refractivity contribution in [2.45, 2.75) is 44.2 Å². The van der Waals surface area contributed by atoms with Gasteiger partial charge in [0.25, 0.3) is 0 Å². The number of piperidine rings is 2. The van der Waals surface area contributed by atoms with E-state index in [4.69, 9.17) is 0 Å². The van der Waals surface area contributed by atoms with Crippen molar-refractivity contribution in [1.29, 1.82) is 0 Å². The highest BCUT2D eigenvalue weighted by Crippen LogP contribution is 2.26. The summed E-state index contributed by atoms with van der Waals surface area (Å²) in [5.41, 5.74) is 0. The Morgan fingerprint density at radius 1 is 1.17 bits per heavy atom. The van der Waals surface area contributed by atoms with Gasteiger partial charge in [-0.25, -0.2) is 13.4 Å². The molecule has 0 spiro atoms. The van der Waals surface area contributed by atoms with Crippen LogP contribution in [0.4, 0.5) is 0 Å². The number of sulfonamides is 1. The third-order valence-corrected chi connectivity index (χ3v) is 6.11. The van der Waals surface area contributed by atoms with Gasteiger partial charge < -0.3 is 9.47 Å². The molecule has 1 amide bonds. The summed E-state index contributed by atoms with van der Waals surface area (Å²) in [7, 11) is -3.34. The molecule has 0 saturated carbocycles. The van der Waals surface area contributed by atoms with E-state index in [0.717, 1.165) is 25.7 Å². The normalized spacial score (nSPS) is 27.1. The van der Waals surface area contributed by atoms with Gasteiger partial charge in [0.15, 0.2) is 0 Å². The Bertz CT molecular complexity index is 644. The summed E-state index contributed by atoms with van der Waals surface area (Å²) in [6, 6.07) is -0.300. The average Bonchev–Trinajstić information content (AvgIpc) is 3.08. The van der Waals surface area contributed by atoms with Crippen LogP contribution in [-0.4, -0.2) is 65.0 Å². The quantitative estimate of drug-likeness (QED) is 0.818. The summed E-state index contributed by atoms with van der Waals surface area (Å²) < 4.78 is 27.4. The van der Waals surface area contributed by atoms with Crippen LogP contribution >= 0.6 is 0 Å². The van der Waals surface area contributed by atoms with E-state index in [2.05, 4.69) is 4.98 Å². The number of likely N-dealkylation sites (tertiary alicyclic amines) is 1. The first kappa shape index (κ1) is 16.4. The Balaban J connectivity index is 1.73. The van der Waals surface area contributed by atoms with E-state index in [9.17, 15) is 13.2 Å². The van der Waals surface area contributed by atoms with E-state index in [-0.39, 0.29) is 11.9 Å². The Hall–Kier alpha value is -1.41. The van der Waals surface area contributed by atoms with Gasteiger partial charge in [0, 0.05) is 32.0 Å². The van der Waals surface area contributed by atoms with Gasteiger partial charge in [-0.1, -0.05) is 6.42 Å². The van der Waals surface area contributed by atoms with Crippen LogP contribution in [0.1, 0.15) is 38.1 Å². The third kappa shape index (κ3) is 3.58. The van der Waals surface area contributed by atoms with Gasteiger partial charge in [-0.2, -0.15) is 4.31 Å². The van der Waals surface area contributed by atoms with Crippen molar-refractivity contribution >= 4 is 15.9 Å². The number of aromatic nitrogens is 2. The maximum atomic E-state index is 12.9. The van der Waals surface area contributed by atoms with E-state index < -0.39 is 16.1 Å². The molecule has 7 nitrogen and oxygen atoms in total. The van der Waals surface area contributed by atoms with Crippen LogP contribution in [0, 0.1) is 0 Å². The predicted molar refractivity (Wildman–Crippen MR) is 86.3 cm³/mol. The van der Waals surface area contributed by atoms with Crippen LogP contribution in [0.5, 0.6) is 0 Å². The lowest BCUT2D eigenvalue weighted by molar-refractivity contribution is -0.137. The minimum absolute atomic E-state index is 0.0417. The Morgan fingerprint density at radius 2 is 2.00 bits per heavy atom. The molecular weight excluding hydrogens is 316 g/mol.